The van der Waals surface area contributed by atoms with Crippen LogP contribution in [0.1, 0.15) is 19.3 Å². The topological polar surface area (TPSA) is 93.1 Å². The molecular weight excluding hydrogens is 341 g/mol. The van der Waals surface area contributed by atoms with Gasteiger partial charge in [0, 0.05) is 13.7 Å². The molecule has 1 aromatic carbocycles. The van der Waals surface area contributed by atoms with E-state index < -0.39 is 27.9 Å². The largest absolute Gasteiger partial charge is 0.490 e. The summed E-state index contributed by atoms with van der Waals surface area (Å²) in [4.78, 5) is 11.0. The van der Waals surface area contributed by atoms with E-state index in [0.29, 0.717) is 12.8 Å². The second-order valence-electron chi connectivity index (χ2n) is 5.40. The molecule has 0 spiro atoms. The number of sulfonamides is 1. The zero-order valence-electron chi connectivity index (χ0n) is 13.3. The molecule has 0 bridgehead atoms. The maximum Gasteiger partial charge on any atom is 0.322 e. The van der Waals surface area contributed by atoms with Crippen LogP contribution in [0.5, 0.6) is 5.75 Å². The van der Waals surface area contributed by atoms with Crippen LogP contribution in [0, 0.1) is 5.82 Å². The molecule has 1 fully saturated rings. The van der Waals surface area contributed by atoms with Crippen molar-refractivity contribution in [1.29, 1.82) is 0 Å². The number of nitrogens with zero attached hydrogens (tertiary/aromatic N) is 1. The second-order valence-corrected chi connectivity index (χ2v) is 7.26. The number of hydrogen-bond acceptors (Lipinski definition) is 5. The number of ether oxygens (including phenoxy) is 2. The van der Waals surface area contributed by atoms with Gasteiger partial charge in [-0.05, 0) is 37.5 Å². The van der Waals surface area contributed by atoms with E-state index in [2.05, 4.69) is 0 Å². The Morgan fingerprint density at radius 3 is 2.79 bits per heavy atom. The lowest BCUT2D eigenvalue weighted by molar-refractivity contribution is -0.142. The van der Waals surface area contributed by atoms with Crippen LogP contribution in [0.4, 0.5) is 4.39 Å². The van der Waals surface area contributed by atoms with Crippen molar-refractivity contribution < 1.29 is 32.2 Å². The summed E-state index contributed by atoms with van der Waals surface area (Å²) < 4.78 is 50.5. The first-order chi connectivity index (χ1) is 11.4. The highest BCUT2D eigenvalue weighted by Crippen LogP contribution is 2.31. The SMILES string of the molecule is COCCOc1ccc(F)cc1S(=O)(=O)N1CCCCC1C(=O)O. The fraction of sp³-hybridized carbons (Fsp3) is 0.533. The minimum absolute atomic E-state index is 0.0248. The predicted octanol–water partition coefficient (Wildman–Crippen LogP) is 1.48. The Morgan fingerprint density at radius 1 is 1.38 bits per heavy atom. The smallest absolute Gasteiger partial charge is 0.322 e. The lowest BCUT2D eigenvalue weighted by Crippen LogP contribution is -2.47. The third-order valence-corrected chi connectivity index (χ3v) is 5.71. The predicted molar refractivity (Wildman–Crippen MR) is 82.9 cm³/mol. The maximum atomic E-state index is 13.6. The van der Waals surface area contributed by atoms with Crippen LogP contribution >= 0.6 is 0 Å². The molecule has 134 valence electrons. The minimum Gasteiger partial charge on any atom is -0.490 e. The molecule has 2 rings (SSSR count). The Labute approximate surface area is 140 Å². The van der Waals surface area contributed by atoms with Crippen LogP contribution in [0.25, 0.3) is 0 Å². The summed E-state index contributed by atoms with van der Waals surface area (Å²) >= 11 is 0. The molecule has 0 aliphatic carbocycles. The summed E-state index contributed by atoms with van der Waals surface area (Å²) in [6.45, 7) is 0.401. The fourth-order valence-corrected chi connectivity index (χ4v) is 4.40. The fourth-order valence-electron chi connectivity index (χ4n) is 2.60. The van der Waals surface area contributed by atoms with Crippen molar-refractivity contribution in [3.8, 4) is 5.75 Å². The van der Waals surface area contributed by atoms with Crippen molar-refractivity contribution in [2.45, 2.75) is 30.2 Å². The number of methoxy groups -OCH3 is 1. The molecule has 1 aliphatic rings. The van der Waals surface area contributed by atoms with E-state index >= 15 is 0 Å². The average molecular weight is 361 g/mol. The number of carbonyl (C=O) groups is 1. The van der Waals surface area contributed by atoms with Gasteiger partial charge in [-0.15, -0.1) is 0 Å². The van der Waals surface area contributed by atoms with E-state index in [1.807, 2.05) is 0 Å². The van der Waals surface area contributed by atoms with Crippen molar-refractivity contribution in [3.63, 3.8) is 0 Å². The standard InChI is InChI=1S/C15H20FNO6S/c1-22-8-9-23-13-6-5-11(16)10-14(13)24(20,21)17-7-3-2-4-12(17)15(18)19/h5-6,10,12H,2-4,7-9H2,1H3,(H,18,19). The van der Waals surface area contributed by atoms with Gasteiger partial charge in [0.05, 0.1) is 6.61 Å². The molecule has 1 saturated heterocycles. The molecule has 1 unspecified atom stereocenters. The van der Waals surface area contributed by atoms with Gasteiger partial charge < -0.3 is 14.6 Å². The molecule has 0 radical (unpaired) electrons. The molecule has 0 aromatic heterocycles. The quantitative estimate of drug-likeness (QED) is 0.740. The first-order valence-electron chi connectivity index (χ1n) is 7.54. The zero-order chi connectivity index (χ0) is 17.7. The number of rotatable bonds is 7. The summed E-state index contributed by atoms with van der Waals surface area (Å²) in [5, 5.41) is 9.29. The molecule has 9 heteroatoms. The summed E-state index contributed by atoms with van der Waals surface area (Å²) in [5.74, 6) is -1.98. The average Bonchev–Trinajstić information content (AvgIpc) is 2.56. The molecule has 1 N–H and O–H groups in total. The normalized spacial score (nSPS) is 19.2. The number of carboxylic acids is 1. The van der Waals surface area contributed by atoms with E-state index in [1.54, 1.807) is 0 Å². The first-order valence-corrected chi connectivity index (χ1v) is 8.98. The summed E-state index contributed by atoms with van der Waals surface area (Å²) in [6, 6.07) is 2.01. The molecule has 1 atom stereocenters. The molecule has 1 aliphatic heterocycles. The highest BCUT2D eigenvalue weighted by Gasteiger charge is 2.39. The number of benzene rings is 1. The van der Waals surface area contributed by atoms with Crippen LogP contribution < -0.4 is 4.74 Å². The molecule has 7 nitrogen and oxygen atoms in total. The van der Waals surface area contributed by atoms with Crippen molar-refractivity contribution in [3.05, 3.63) is 24.0 Å². The lowest BCUT2D eigenvalue weighted by Gasteiger charge is -2.32. The van der Waals surface area contributed by atoms with E-state index in [-0.39, 0.29) is 36.8 Å². The molecular formula is C15H20FNO6S. The van der Waals surface area contributed by atoms with Gasteiger partial charge >= 0.3 is 5.97 Å². The van der Waals surface area contributed by atoms with Crippen LogP contribution in [0.15, 0.2) is 23.1 Å². The molecule has 1 heterocycles. The van der Waals surface area contributed by atoms with Gasteiger partial charge in [0.2, 0.25) is 10.0 Å². The third-order valence-electron chi connectivity index (χ3n) is 3.78. The Bertz CT molecular complexity index is 693. The van der Waals surface area contributed by atoms with Gasteiger partial charge in [0.25, 0.3) is 0 Å². The third kappa shape index (κ3) is 4.03. The number of aliphatic carboxylic acids is 1. The van der Waals surface area contributed by atoms with Gasteiger partial charge in [-0.3, -0.25) is 4.79 Å². The highest BCUT2D eigenvalue weighted by molar-refractivity contribution is 7.89. The molecule has 1 aromatic rings. The van der Waals surface area contributed by atoms with Crippen LogP contribution in [-0.2, 0) is 19.6 Å². The van der Waals surface area contributed by atoms with Crippen molar-refractivity contribution >= 4 is 16.0 Å². The van der Waals surface area contributed by atoms with Gasteiger partial charge in [0.15, 0.2) is 0 Å². The Kier molecular flexibility index (Phi) is 6.14. The summed E-state index contributed by atoms with van der Waals surface area (Å²) in [5.41, 5.74) is 0. The maximum absolute atomic E-state index is 13.6. The highest BCUT2D eigenvalue weighted by atomic mass is 32.2. The van der Waals surface area contributed by atoms with Gasteiger partial charge in [-0.1, -0.05) is 0 Å². The van der Waals surface area contributed by atoms with Crippen LogP contribution in [0.2, 0.25) is 0 Å². The number of piperidine rings is 1. The molecule has 0 saturated carbocycles. The number of hydrogen-bond donors (Lipinski definition) is 1. The molecule has 24 heavy (non-hydrogen) atoms. The Hall–Kier alpha value is -1.71. The van der Waals surface area contributed by atoms with Crippen LogP contribution in [-0.4, -0.2) is 56.7 Å². The van der Waals surface area contributed by atoms with Crippen molar-refractivity contribution in [2.24, 2.45) is 0 Å². The monoisotopic (exact) mass is 361 g/mol. The number of carboxylic acid groups (broad SMARTS) is 1. The second kappa shape index (κ2) is 7.91. The summed E-state index contributed by atoms with van der Waals surface area (Å²) in [6.07, 6.45) is 1.41. The zero-order valence-corrected chi connectivity index (χ0v) is 14.1. The lowest BCUT2D eigenvalue weighted by atomic mass is 10.1. The van der Waals surface area contributed by atoms with E-state index in [4.69, 9.17) is 9.47 Å². The summed E-state index contributed by atoms with van der Waals surface area (Å²) in [7, 11) is -2.73. The van der Waals surface area contributed by atoms with Gasteiger partial charge in [0.1, 0.15) is 29.1 Å². The van der Waals surface area contributed by atoms with Crippen LogP contribution in [0.3, 0.4) is 0 Å². The van der Waals surface area contributed by atoms with Crippen molar-refractivity contribution in [1.82, 2.24) is 4.31 Å². The first kappa shape index (κ1) is 18.6. The Balaban J connectivity index is 2.40. The number of halogens is 1. The van der Waals surface area contributed by atoms with Gasteiger partial charge in [-0.2, -0.15) is 4.31 Å². The molecule has 0 amide bonds. The van der Waals surface area contributed by atoms with E-state index in [9.17, 15) is 22.7 Å². The Morgan fingerprint density at radius 2 is 2.12 bits per heavy atom. The van der Waals surface area contributed by atoms with Gasteiger partial charge in [-0.25, -0.2) is 12.8 Å². The minimum atomic E-state index is -4.20. The van der Waals surface area contributed by atoms with E-state index in [0.717, 1.165) is 16.4 Å². The van der Waals surface area contributed by atoms with Crippen molar-refractivity contribution in [2.75, 3.05) is 26.9 Å². The van der Waals surface area contributed by atoms with E-state index in [1.165, 1.54) is 13.2 Å².